The van der Waals surface area contributed by atoms with E-state index in [4.69, 9.17) is 35.0 Å². The highest BCUT2D eigenvalue weighted by atomic mass is 19.1. The maximum atomic E-state index is 14.1. The lowest BCUT2D eigenvalue weighted by Crippen LogP contribution is -2.46. The molecule has 1 aliphatic heterocycles. The summed E-state index contributed by atoms with van der Waals surface area (Å²) in [6, 6.07) is 19.9. The number of anilines is 2. The molecule has 0 atom stereocenters. The van der Waals surface area contributed by atoms with E-state index in [0.717, 1.165) is 44.0 Å². The molecule has 42 heavy (non-hydrogen) atoms. The van der Waals surface area contributed by atoms with Crippen LogP contribution in [0.4, 0.5) is 16.2 Å². The summed E-state index contributed by atoms with van der Waals surface area (Å²) in [5, 5.41) is 5.27. The fourth-order valence-electron chi connectivity index (χ4n) is 5.23. The molecule has 2 aromatic heterocycles. The van der Waals surface area contributed by atoms with E-state index in [2.05, 4.69) is 21.9 Å². The standard InChI is InChI=1S/C31H32FN7O3/c1-40-24-10-7-20(8-11-24)19-37-13-15-38(16-14-37)31-34-28(21-9-12-25(41-2)26(17-21)42-3)27-29(33)39(36-30(27)35-31)23-6-4-5-22(32)18-23/h4-12,17-18H,13-16,19,33H2,1-3H3. The molecule has 3 aromatic carbocycles. The first-order valence-corrected chi connectivity index (χ1v) is 13.6. The van der Waals surface area contributed by atoms with Crippen molar-refractivity contribution in [3.63, 3.8) is 0 Å². The average molecular weight is 570 g/mol. The monoisotopic (exact) mass is 569 g/mol. The van der Waals surface area contributed by atoms with Crippen LogP contribution in [0.3, 0.4) is 0 Å². The molecule has 2 N–H and O–H groups in total. The van der Waals surface area contributed by atoms with Gasteiger partial charge in [0.05, 0.1) is 38.1 Å². The third-order valence-electron chi connectivity index (χ3n) is 7.49. The zero-order valence-corrected chi connectivity index (χ0v) is 23.7. The Hall–Kier alpha value is -4.90. The van der Waals surface area contributed by atoms with Gasteiger partial charge in [-0.2, -0.15) is 4.98 Å². The van der Waals surface area contributed by atoms with Crippen LogP contribution in [0.25, 0.3) is 28.0 Å². The first-order chi connectivity index (χ1) is 20.5. The van der Waals surface area contributed by atoms with E-state index < -0.39 is 0 Å². The number of benzene rings is 3. The average Bonchev–Trinajstić information content (AvgIpc) is 3.37. The molecule has 216 valence electrons. The molecule has 11 heteroatoms. The summed E-state index contributed by atoms with van der Waals surface area (Å²) in [7, 11) is 4.85. The Balaban J connectivity index is 1.36. The van der Waals surface area contributed by atoms with E-state index in [1.165, 1.54) is 22.4 Å². The Morgan fingerprint density at radius 3 is 2.29 bits per heavy atom. The molecular formula is C31H32FN7O3. The molecule has 1 aliphatic rings. The number of halogens is 1. The maximum Gasteiger partial charge on any atom is 0.228 e. The lowest BCUT2D eigenvalue weighted by molar-refractivity contribution is 0.248. The van der Waals surface area contributed by atoms with Gasteiger partial charge in [-0.15, -0.1) is 5.10 Å². The fourth-order valence-corrected chi connectivity index (χ4v) is 5.23. The number of hydrogen-bond acceptors (Lipinski definition) is 9. The predicted molar refractivity (Wildman–Crippen MR) is 160 cm³/mol. The third kappa shape index (κ3) is 5.26. The zero-order valence-electron chi connectivity index (χ0n) is 23.7. The summed E-state index contributed by atoms with van der Waals surface area (Å²) in [6.07, 6.45) is 0. The van der Waals surface area contributed by atoms with E-state index in [1.54, 1.807) is 33.5 Å². The summed E-state index contributed by atoms with van der Waals surface area (Å²) in [4.78, 5) is 14.4. The molecule has 0 unspecified atom stereocenters. The topological polar surface area (TPSA) is 104 Å². The number of ether oxygens (including phenoxy) is 3. The maximum absolute atomic E-state index is 14.1. The number of methoxy groups -OCH3 is 3. The number of nitrogens with zero attached hydrogens (tertiary/aromatic N) is 6. The number of rotatable bonds is 8. The van der Waals surface area contributed by atoms with Crippen molar-refractivity contribution < 1.29 is 18.6 Å². The highest BCUT2D eigenvalue weighted by molar-refractivity contribution is 5.99. The predicted octanol–water partition coefficient (Wildman–Crippen LogP) is 4.55. The van der Waals surface area contributed by atoms with E-state index in [-0.39, 0.29) is 5.82 Å². The van der Waals surface area contributed by atoms with Crippen molar-refractivity contribution in [3.8, 4) is 34.2 Å². The van der Waals surface area contributed by atoms with Crippen molar-refractivity contribution in [2.75, 3.05) is 58.1 Å². The summed E-state index contributed by atoms with van der Waals surface area (Å²) < 4.78 is 31.9. The number of nitrogen functional groups attached to an aromatic ring is 1. The lowest BCUT2D eigenvalue weighted by atomic mass is 10.1. The zero-order chi connectivity index (χ0) is 29.2. The molecule has 0 saturated carbocycles. The Bertz CT molecular complexity index is 1720. The Morgan fingerprint density at radius 1 is 0.833 bits per heavy atom. The molecule has 0 bridgehead atoms. The molecule has 0 amide bonds. The van der Waals surface area contributed by atoms with E-state index in [0.29, 0.717) is 45.7 Å². The number of fused-ring (bicyclic) bond motifs is 1. The molecule has 0 radical (unpaired) electrons. The van der Waals surface area contributed by atoms with E-state index in [9.17, 15) is 4.39 Å². The molecule has 1 saturated heterocycles. The number of nitrogens with two attached hydrogens (primary N) is 1. The normalized spacial score (nSPS) is 13.9. The van der Waals surface area contributed by atoms with Gasteiger partial charge in [-0.1, -0.05) is 18.2 Å². The van der Waals surface area contributed by atoms with Gasteiger partial charge < -0.3 is 24.8 Å². The van der Waals surface area contributed by atoms with Crippen LogP contribution in [-0.2, 0) is 6.54 Å². The molecular weight excluding hydrogens is 537 g/mol. The van der Waals surface area contributed by atoms with Crippen molar-refractivity contribution >= 4 is 22.8 Å². The largest absolute Gasteiger partial charge is 0.497 e. The van der Waals surface area contributed by atoms with Crippen LogP contribution in [0.5, 0.6) is 17.2 Å². The molecule has 6 rings (SSSR count). The molecule has 10 nitrogen and oxygen atoms in total. The van der Waals surface area contributed by atoms with Gasteiger partial charge in [0, 0.05) is 38.3 Å². The van der Waals surface area contributed by atoms with Crippen LogP contribution in [0.15, 0.2) is 66.7 Å². The Labute approximate surface area is 243 Å². The van der Waals surface area contributed by atoms with Gasteiger partial charge in [0.15, 0.2) is 17.1 Å². The van der Waals surface area contributed by atoms with Crippen LogP contribution in [0, 0.1) is 5.82 Å². The Kier molecular flexibility index (Phi) is 7.49. The molecule has 0 aliphatic carbocycles. The van der Waals surface area contributed by atoms with Gasteiger partial charge in [-0.3, -0.25) is 4.90 Å². The minimum absolute atomic E-state index is 0.316. The lowest BCUT2D eigenvalue weighted by Gasteiger charge is -2.34. The minimum Gasteiger partial charge on any atom is -0.497 e. The van der Waals surface area contributed by atoms with Gasteiger partial charge in [-0.05, 0) is 54.1 Å². The quantitative estimate of drug-likeness (QED) is 0.288. The summed E-state index contributed by atoms with van der Waals surface area (Å²) >= 11 is 0. The van der Waals surface area contributed by atoms with Crippen molar-refractivity contribution in [2.24, 2.45) is 0 Å². The molecule has 0 spiro atoms. The van der Waals surface area contributed by atoms with Crippen LogP contribution >= 0.6 is 0 Å². The van der Waals surface area contributed by atoms with Crippen molar-refractivity contribution in [3.05, 3.63) is 78.1 Å². The SMILES string of the molecule is COc1ccc(CN2CCN(c3nc(-c4ccc(OC)c(OC)c4)c4c(N)n(-c5cccc(F)c5)nc4n3)CC2)cc1. The molecule has 3 heterocycles. The first kappa shape index (κ1) is 27.3. The molecule has 1 fully saturated rings. The third-order valence-corrected chi connectivity index (χ3v) is 7.49. The van der Waals surface area contributed by atoms with E-state index in [1.807, 2.05) is 30.3 Å². The highest BCUT2D eigenvalue weighted by Crippen LogP contribution is 2.37. The van der Waals surface area contributed by atoms with Gasteiger partial charge in [0.25, 0.3) is 0 Å². The smallest absolute Gasteiger partial charge is 0.228 e. The van der Waals surface area contributed by atoms with Crippen molar-refractivity contribution in [2.45, 2.75) is 6.54 Å². The number of hydrogen-bond donors (Lipinski definition) is 1. The molecule has 5 aromatic rings. The van der Waals surface area contributed by atoms with Gasteiger partial charge in [-0.25, -0.2) is 14.1 Å². The second-order valence-corrected chi connectivity index (χ2v) is 10.0. The van der Waals surface area contributed by atoms with Crippen molar-refractivity contribution in [1.82, 2.24) is 24.6 Å². The first-order valence-electron chi connectivity index (χ1n) is 13.6. The Morgan fingerprint density at radius 2 is 1.60 bits per heavy atom. The minimum atomic E-state index is -0.383. The van der Waals surface area contributed by atoms with Crippen molar-refractivity contribution in [1.29, 1.82) is 0 Å². The highest BCUT2D eigenvalue weighted by Gasteiger charge is 2.25. The summed E-state index contributed by atoms with van der Waals surface area (Å²) in [6.45, 7) is 4.03. The van der Waals surface area contributed by atoms with Crippen LogP contribution in [0.2, 0.25) is 0 Å². The van der Waals surface area contributed by atoms with Gasteiger partial charge in [0.1, 0.15) is 17.4 Å². The van der Waals surface area contributed by atoms with Crippen LogP contribution in [0.1, 0.15) is 5.56 Å². The van der Waals surface area contributed by atoms with Gasteiger partial charge in [0.2, 0.25) is 5.95 Å². The van der Waals surface area contributed by atoms with Gasteiger partial charge >= 0.3 is 0 Å². The fraction of sp³-hybridized carbons (Fsp3) is 0.258. The summed E-state index contributed by atoms with van der Waals surface area (Å²) in [5.74, 6) is 2.50. The summed E-state index contributed by atoms with van der Waals surface area (Å²) in [5.41, 5.74) is 10.2. The van der Waals surface area contributed by atoms with E-state index >= 15 is 0 Å². The number of piperazine rings is 1. The number of aromatic nitrogens is 4. The van der Waals surface area contributed by atoms with Crippen LogP contribution in [-0.4, -0.2) is 72.2 Å². The second kappa shape index (κ2) is 11.5. The van der Waals surface area contributed by atoms with Crippen LogP contribution < -0.4 is 24.8 Å². The second-order valence-electron chi connectivity index (χ2n) is 10.0.